The third-order valence-corrected chi connectivity index (χ3v) is 4.28. The molecule has 0 bridgehead atoms. The highest BCUT2D eigenvalue weighted by Gasteiger charge is 2.26. The standard InChI is InChI=1S/C19H27ClN4O3/c1-12(2)17(25)23-15-14(8-9-21-16(15)20)24-10-6-7-13(11-24)22-18(26)27-19(3,4)5/h8-9,13H,1,6-7,10-11H2,2-5H3,(H,22,26)(H,23,25). The number of hydrogen-bond donors (Lipinski definition) is 2. The average molecular weight is 395 g/mol. The lowest BCUT2D eigenvalue weighted by atomic mass is 10.0. The van der Waals surface area contributed by atoms with Gasteiger partial charge in [0.15, 0.2) is 5.15 Å². The van der Waals surface area contributed by atoms with E-state index in [-0.39, 0.29) is 17.1 Å². The summed E-state index contributed by atoms with van der Waals surface area (Å²) in [5, 5.41) is 5.90. The molecule has 0 radical (unpaired) electrons. The van der Waals surface area contributed by atoms with Gasteiger partial charge in [-0.3, -0.25) is 4.79 Å². The van der Waals surface area contributed by atoms with Crippen molar-refractivity contribution in [3.63, 3.8) is 0 Å². The number of rotatable bonds is 4. The number of nitrogens with one attached hydrogen (secondary N) is 2. The van der Waals surface area contributed by atoms with Gasteiger partial charge in [0.25, 0.3) is 5.91 Å². The lowest BCUT2D eigenvalue weighted by Gasteiger charge is -2.36. The monoisotopic (exact) mass is 394 g/mol. The van der Waals surface area contributed by atoms with Crippen molar-refractivity contribution in [2.45, 2.75) is 52.2 Å². The highest BCUT2D eigenvalue weighted by Crippen LogP contribution is 2.33. The zero-order valence-electron chi connectivity index (χ0n) is 16.3. The quantitative estimate of drug-likeness (QED) is 0.600. The number of aromatic nitrogens is 1. The Kier molecular flexibility index (Phi) is 6.70. The average Bonchev–Trinajstić information content (AvgIpc) is 2.54. The van der Waals surface area contributed by atoms with E-state index in [1.807, 2.05) is 20.8 Å². The van der Waals surface area contributed by atoms with Gasteiger partial charge in [0.1, 0.15) is 11.3 Å². The Labute approximate surface area is 165 Å². The first-order chi connectivity index (χ1) is 12.6. The van der Waals surface area contributed by atoms with Crippen molar-refractivity contribution >= 4 is 35.0 Å². The van der Waals surface area contributed by atoms with Crippen molar-refractivity contribution < 1.29 is 14.3 Å². The summed E-state index contributed by atoms with van der Waals surface area (Å²) in [4.78, 5) is 30.3. The predicted molar refractivity (Wildman–Crippen MR) is 107 cm³/mol. The van der Waals surface area contributed by atoms with Gasteiger partial charge in [-0.1, -0.05) is 18.2 Å². The highest BCUT2D eigenvalue weighted by molar-refractivity contribution is 6.33. The van der Waals surface area contributed by atoms with Crippen LogP contribution in [0.25, 0.3) is 0 Å². The third-order valence-electron chi connectivity index (χ3n) is 3.99. The van der Waals surface area contributed by atoms with Crippen LogP contribution in [0.2, 0.25) is 5.15 Å². The Morgan fingerprint density at radius 3 is 2.74 bits per heavy atom. The van der Waals surface area contributed by atoms with E-state index in [1.165, 1.54) is 0 Å². The molecule has 2 rings (SSSR count). The normalized spacial score (nSPS) is 17.2. The molecule has 1 aliphatic rings. The van der Waals surface area contributed by atoms with Crippen LogP contribution < -0.4 is 15.5 Å². The maximum Gasteiger partial charge on any atom is 0.407 e. The van der Waals surface area contributed by atoms with Crippen molar-refractivity contribution in [3.05, 3.63) is 29.6 Å². The van der Waals surface area contributed by atoms with E-state index in [1.54, 1.807) is 19.2 Å². The first kappa shape index (κ1) is 21.0. The van der Waals surface area contributed by atoms with Gasteiger partial charge in [-0.2, -0.15) is 0 Å². The summed E-state index contributed by atoms with van der Waals surface area (Å²) in [7, 11) is 0. The first-order valence-electron chi connectivity index (χ1n) is 8.92. The Hall–Kier alpha value is -2.28. The number of halogens is 1. The van der Waals surface area contributed by atoms with Gasteiger partial charge in [0.05, 0.1) is 5.69 Å². The van der Waals surface area contributed by atoms with Gasteiger partial charge >= 0.3 is 6.09 Å². The van der Waals surface area contributed by atoms with Crippen molar-refractivity contribution in [2.24, 2.45) is 0 Å². The summed E-state index contributed by atoms with van der Waals surface area (Å²) in [6, 6.07) is 1.74. The maximum atomic E-state index is 12.1. The minimum absolute atomic E-state index is 0.0646. The minimum Gasteiger partial charge on any atom is -0.444 e. The van der Waals surface area contributed by atoms with Crippen LogP contribution in [0, 0.1) is 0 Å². The second-order valence-corrected chi connectivity index (χ2v) is 8.02. The van der Waals surface area contributed by atoms with Gasteiger partial charge < -0.3 is 20.3 Å². The van der Waals surface area contributed by atoms with E-state index in [0.29, 0.717) is 17.8 Å². The Bertz CT molecular complexity index is 730. The maximum absolute atomic E-state index is 12.1. The van der Waals surface area contributed by atoms with Crippen molar-refractivity contribution in [1.29, 1.82) is 0 Å². The molecular formula is C19H27ClN4O3. The van der Waals surface area contributed by atoms with Crippen LogP contribution in [0.4, 0.5) is 16.2 Å². The molecule has 7 nitrogen and oxygen atoms in total. The highest BCUT2D eigenvalue weighted by atomic mass is 35.5. The van der Waals surface area contributed by atoms with Crippen LogP contribution in [0.5, 0.6) is 0 Å². The van der Waals surface area contributed by atoms with E-state index >= 15 is 0 Å². The fourth-order valence-corrected chi connectivity index (χ4v) is 3.01. The summed E-state index contributed by atoms with van der Waals surface area (Å²) in [5.74, 6) is -0.313. The number of alkyl carbamates (subject to hydrolysis) is 1. The molecule has 0 saturated carbocycles. The fourth-order valence-electron chi connectivity index (χ4n) is 2.81. The zero-order chi connectivity index (χ0) is 20.2. The predicted octanol–water partition coefficient (Wildman–Crippen LogP) is 3.74. The molecule has 27 heavy (non-hydrogen) atoms. The number of carbonyl (C=O) groups excluding carboxylic acids is 2. The molecular weight excluding hydrogens is 368 g/mol. The number of ether oxygens (including phenoxy) is 1. The second-order valence-electron chi connectivity index (χ2n) is 7.66. The third kappa shape index (κ3) is 6.13. The summed E-state index contributed by atoms with van der Waals surface area (Å²) < 4.78 is 5.34. The summed E-state index contributed by atoms with van der Waals surface area (Å²) in [5.41, 5.74) is 1.05. The molecule has 1 unspecified atom stereocenters. The number of nitrogens with zero attached hydrogens (tertiary/aromatic N) is 2. The number of carbonyl (C=O) groups is 2. The largest absolute Gasteiger partial charge is 0.444 e. The topological polar surface area (TPSA) is 83.6 Å². The lowest BCUT2D eigenvalue weighted by Crippen LogP contribution is -2.49. The van der Waals surface area contributed by atoms with Crippen molar-refractivity contribution in [2.75, 3.05) is 23.3 Å². The van der Waals surface area contributed by atoms with Gasteiger partial charge in [-0.05, 0) is 46.6 Å². The van der Waals surface area contributed by atoms with E-state index in [9.17, 15) is 9.59 Å². The number of anilines is 2. The number of pyridine rings is 1. The SMILES string of the molecule is C=C(C)C(=O)Nc1c(N2CCCC(NC(=O)OC(C)(C)C)C2)ccnc1Cl. The lowest BCUT2D eigenvalue weighted by molar-refractivity contribution is -0.112. The number of hydrogen-bond acceptors (Lipinski definition) is 5. The Morgan fingerprint density at radius 1 is 1.41 bits per heavy atom. The molecule has 1 atom stereocenters. The summed E-state index contributed by atoms with van der Waals surface area (Å²) in [6.07, 6.45) is 2.90. The molecule has 1 aromatic rings. The Morgan fingerprint density at radius 2 is 2.11 bits per heavy atom. The molecule has 2 heterocycles. The fraction of sp³-hybridized carbons (Fsp3) is 0.526. The van der Waals surface area contributed by atoms with Crippen LogP contribution in [-0.4, -0.2) is 41.7 Å². The minimum atomic E-state index is -0.545. The molecule has 148 valence electrons. The van der Waals surface area contributed by atoms with Crippen molar-refractivity contribution in [1.82, 2.24) is 10.3 Å². The van der Waals surface area contributed by atoms with Gasteiger partial charge in [0.2, 0.25) is 0 Å². The van der Waals surface area contributed by atoms with Crippen LogP contribution in [0.15, 0.2) is 24.4 Å². The Balaban J connectivity index is 2.14. The van der Waals surface area contributed by atoms with E-state index < -0.39 is 11.7 Å². The van der Waals surface area contributed by atoms with Gasteiger partial charge in [-0.15, -0.1) is 0 Å². The smallest absolute Gasteiger partial charge is 0.407 e. The molecule has 2 N–H and O–H groups in total. The number of amides is 2. The molecule has 0 aliphatic carbocycles. The van der Waals surface area contributed by atoms with E-state index in [0.717, 1.165) is 25.1 Å². The molecule has 1 saturated heterocycles. The molecule has 0 aromatic carbocycles. The molecule has 1 aromatic heterocycles. The zero-order valence-corrected chi connectivity index (χ0v) is 17.0. The molecule has 0 spiro atoms. The molecule has 1 fully saturated rings. The van der Waals surface area contributed by atoms with Crippen LogP contribution in [0.1, 0.15) is 40.5 Å². The summed E-state index contributed by atoms with van der Waals surface area (Å²) in [6.45, 7) is 12.1. The van der Waals surface area contributed by atoms with Crippen LogP contribution >= 0.6 is 11.6 Å². The molecule has 2 amide bonds. The van der Waals surface area contributed by atoms with E-state index in [4.69, 9.17) is 16.3 Å². The van der Waals surface area contributed by atoms with E-state index in [2.05, 4.69) is 27.1 Å². The van der Waals surface area contributed by atoms with Crippen molar-refractivity contribution in [3.8, 4) is 0 Å². The van der Waals surface area contributed by atoms with Crippen LogP contribution in [-0.2, 0) is 9.53 Å². The van der Waals surface area contributed by atoms with Gasteiger partial charge in [0, 0.05) is 30.9 Å². The first-order valence-corrected chi connectivity index (χ1v) is 9.30. The number of piperidine rings is 1. The molecule has 1 aliphatic heterocycles. The molecule has 8 heteroatoms. The second kappa shape index (κ2) is 8.61. The van der Waals surface area contributed by atoms with Gasteiger partial charge in [-0.25, -0.2) is 9.78 Å². The van der Waals surface area contributed by atoms with Crippen LogP contribution in [0.3, 0.4) is 0 Å². The summed E-state index contributed by atoms with van der Waals surface area (Å²) >= 11 is 6.22.